The fourth-order valence-corrected chi connectivity index (χ4v) is 5.66. The number of hydrogen-bond acceptors (Lipinski definition) is 6. The lowest BCUT2D eigenvalue weighted by molar-refractivity contribution is -0.119. The number of ether oxygens (including phenoxy) is 1. The summed E-state index contributed by atoms with van der Waals surface area (Å²) in [6.07, 6.45) is 1.74. The van der Waals surface area contributed by atoms with Crippen LogP contribution in [0.1, 0.15) is 16.7 Å². The summed E-state index contributed by atoms with van der Waals surface area (Å²) in [5.74, 6) is 2.16. The normalized spacial score (nSPS) is 13.9. The van der Waals surface area contributed by atoms with Gasteiger partial charge in [0.2, 0.25) is 0 Å². The fourth-order valence-electron chi connectivity index (χ4n) is 3.59. The number of anilines is 1. The number of rotatable bonds is 9. The Morgan fingerprint density at radius 1 is 1.09 bits per heavy atom. The molecule has 1 aliphatic rings. The van der Waals surface area contributed by atoms with Crippen molar-refractivity contribution < 1.29 is 17.9 Å². The number of hydrogen-bond donors (Lipinski definition) is 1. The van der Waals surface area contributed by atoms with Crippen molar-refractivity contribution in [2.24, 2.45) is 5.10 Å². The van der Waals surface area contributed by atoms with Gasteiger partial charge in [0.05, 0.1) is 16.8 Å². The van der Waals surface area contributed by atoms with Crippen molar-refractivity contribution in [2.75, 3.05) is 22.4 Å². The minimum absolute atomic E-state index is 0.109. The Hall–Kier alpha value is -3.30. The summed E-state index contributed by atoms with van der Waals surface area (Å²) >= 11 is 1.84. The van der Waals surface area contributed by atoms with Crippen LogP contribution in [-0.4, -0.2) is 44.7 Å². The number of carbonyl (C=O) groups excluding carboxylic acids is 1. The number of aryl methyl sites for hydroxylation is 2. The molecule has 0 aromatic heterocycles. The lowest BCUT2D eigenvalue weighted by atomic mass is 10.1. The van der Waals surface area contributed by atoms with E-state index in [0.717, 1.165) is 38.3 Å². The molecular formula is C26H27N3O4S2. The molecular weight excluding hydrogens is 482 g/mol. The first-order valence-corrected chi connectivity index (χ1v) is 13.7. The molecule has 35 heavy (non-hydrogen) atoms. The molecule has 1 N–H and O–H groups in total. The Kier molecular flexibility index (Phi) is 7.77. The fraction of sp³-hybridized carbons (Fsp3) is 0.231. The third kappa shape index (κ3) is 6.23. The van der Waals surface area contributed by atoms with Gasteiger partial charge >= 0.3 is 0 Å². The van der Waals surface area contributed by atoms with Gasteiger partial charge in [-0.25, -0.2) is 13.8 Å². The quantitative estimate of drug-likeness (QED) is 0.346. The molecule has 182 valence electrons. The van der Waals surface area contributed by atoms with Crippen molar-refractivity contribution in [3.8, 4) is 5.75 Å². The van der Waals surface area contributed by atoms with Gasteiger partial charge in [-0.1, -0.05) is 48.0 Å². The van der Waals surface area contributed by atoms with Gasteiger partial charge < -0.3 is 4.74 Å². The van der Waals surface area contributed by atoms with Crippen LogP contribution in [-0.2, 0) is 14.8 Å². The van der Waals surface area contributed by atoms with Crippen LogP contribution < -0.4 is 14.5 Å². The Labute approximate surface area is 210 Å². The first kappa shape index (κ1) is 24.8. The SMILES string of the molecule is Cc1ccc(N(CC(=O)N/N=C/c2cccc(OC3CSC3)c2)S(=O)(=O)c2ccccc2)c(C)c1. The lowest BCUT2D eigenvalue weighted by Gasteiger charge is -2.25. The minimum atomic E-state index is -3.97. The molecule has 0 aliphatic carbocycles. The molecule has 0 saturated carbocycles. The predicted octanol–water partition coefficient (Wildman–Crippen LogP) is 4.14. The van der Waals surface area contributed by atoms with Gasteiger partial charge in [-0.15, -0.1) is 0 Å². The van der Waals surface area contributed by atoms with Gasteiger partial charge in [0, 0.05) is 11.5 Å². The minimum Gasteiger partial charge on any atom is -0.489 e. The maximum absolute atomic E-state index is 13.4. The summed E-state index contributed by atoms with van der Waals surface area (Å²) in [7, 11) is -3.97. The standard InChI is InChI=1S/C26H27N3O4S2/c1-19-11-12-25(20(2)13-19)29(35(31,32)24-9-4-3-5-10-24)16-26(30)28-27-15-21-7-6-8-22(14-21)33-23-17-34-18-23/h3-15,23H,16-18H2,1-2H3,(H,28,30)/b27-15+. The number of hydrazone groups is 1. The second kappa shape index (κ2) is 11.0. The summed E-state index contributed by atoms with van der Waals surface area (Å²) in [5.41, 5.74) is 5.40. The number of nitrogens with zero attached hydrogens (tertiary/aromatic N) is 2. The first-order chi connectivity index (χ1) is 16.8. The first-order valence-electron chi connectivity index (χ1n) is 11.1. The summed E-state index contributed by atoms with van der Waals surface area (Å²) in [6.45, 7) is 3.34. The van der Waals surface area contributed by atoms with E-state index in [0.29, 0.717) is 5.69 Å². The molecule has 0 unspecified atom stereocenters. The van der Waals surface area contributed by atoms with Gasteiger partial charge in [-0.2, -0.15) is 16.9 Å². The van der Waals surface area contributed by atoms with E-state index < -0.39 is 22.5 Å². The van der Waals surface area contributed by atoms with Crippen LogP contribution in [0.5, 0.6) is 5.75 Å². The Bertz CT molecular complexity index is 1320. The van der Waals surface area contributed by atoms with Crippen LogP contribution >= 0.6 is 11.8 Å². The number of nitrogens with one attached hydrogen (secondary N) is 1. The molecule has 1 fully saturated rings. The molecule has 1 aliphatic heterocycles. The molecule has 0 bridgehead atoms. The Morgan fingerprint density at radius 3 is 2.54 bits per heavy atom. The van der Waals surface area contributed by atoms with E-state index in [1.165, 1.54) is 18.3 Å². The van der Waals surface area contributed by atoms with Crippen LogP contribution in [0.15, 0.2) is 82.8 Å². The molecule has 0 atom stereocenters. The maximum Gasteiger partial charge on any atom is 0.264 e. The van der Waals surface area contributed by atoms with Crippen LogP contribution in [0.25, 0.3) is 0 Å². The van der Waals surface area contributed by atoms with E-state index in [9.17, 15) is 13.2 Å². The highest BCUT2D eigenvalue weighted by Gasteiger charge is 2.28. The van der Waals surface area contributed by atoms with Crippen molar-refractivity contribution in [3.05, 3.63) is 89.5 Å². The van der Waals surface area contributed by atoms with Gasteiger partial charge in [-0.05, 0) is 55.3 Å². The summed E-state index contributed by atoms with van der Waals surface area (Å²) < 4.78 is 33.9. The van der Waals surface area contributed by atoms with Gasteiger partial charge in [0.1, 0.15) is 18.4 Å². The monoisotopic (exact) mass is 509 g/mol. The predicted molar refractivity (Wildman–Crippen MR) is 141 cm³/mol. The van der Waals surface area contributed by atoms with E-state index in [1.807, 2.05) is 62.0 Å². The third-order valence-electron chi connectivity index (χ3n) is 5.41. The van der Waals surface area contributed by atoms with Crippen molar-refractivity contribution >= 4 is 39.6 Å². The molecule has 7 nitrogen and oxygen atoms in total. The summed E-state index contributed by atoms with van der Waals surface area (Å²) in [5, 5.41) is 4.03. The van der Waals surface area contributed by atoms with Crippen LogP contribution in [0.3, 0.4) is 0 Å². The Morgan fingerprint density at radius 2 is 1.86 bits per heavy atom. The van der Waals surface area contributed by atoms with E-state index in [-0.39, 0.29) is 11.0 Å². The molecule has 1 amide bonds. The number of sulfonamides is 1. The zero-order valence-corrected chi connectivity index (χ0v) is 21.2. The van der Waals surface area contributed by atoms with Gasteiger partial charge in [0.25, 0.3) is 15.9 Å². The van der Waals surface area contributed by atoms with Crippen molar-refractivity contribution in [3.63, 3.8) is 0 Å². The van der Waals surface area contributed by atoms with Gasteiger partial charge in [0.15, 0.2) is 0 Å². The molecule has 3 aromatic rings. The highest BCUT2D eigenvalue weighted by Crippen LogP contribution is 2.27. The molecule has 3 aromatic carbocycles. The van der Waals surface area contributed by atoms with E-state index in [2.05, 4.69) is 10.5 Å². The highest BCUT2D eigenvalue weighted by atomic mass is 32.2. The second-order valence-electron chi connectivity index (χ2n) is 8.26. The van der Waals surface area contributed by atoms with Crippen molar-refractivity contribution in [2.45, 2.75) is 24.8 Å². The third-order valence-corrected chi connectivity index (χ3v) is 8.40. The highest BCUT2D eigenvalue weighted by molar-refractivity contribution is 8.00. The van der Waals surface area contributed by atoms with Crippen LogP contribution in [0.2, 0.25) is 0 Å². The van der Waals surface area contributed by atoms with Crippen molar-refractivity contribution in [1.82, 2.24) is 5.43 Å². The number of benzene rings is 3. The summed E-state index contributed by atoms with van der Waals surface area (Å²) in [4.78, 5) is 12.9. The smallest absolute Gasteiger partial charge is 0.264 e. The summed E-state index contributed by atoms with van der Waals surface area (Å²) in [6, 6.07) is 20.9. The average Bonchev–Trinajstić information content (AvgIpc) is 2.81. The number of amides is 1. The zero-order valence-electron chi connectivity index (χ0n) is 19.5. The van der Waals surface area contributed by atoms with E-state index in [1.54, 1.807) is 24.3 Å². The van der Waals surface area contributed by atoms with E-state index in [4.69, 9.17) is 4.74 Å². The molecule has 0 radical (unpaired) electrons. The molecule has 9 heteroatoms. The van der Waals surface area contributed by atoms with Crippen LogP contribution in [0.4, 0.5) is 5.69 Å². The van der Waals surface area contributed by atoms with E-state index >= 15 is 0 Å². The molecule has 1 saturated heterocycles. The molecule has 0 spiro atoms. The van der Waals surface area contributed by atoms with Gasteiger partial charge in [-0.3, -0.25) is 9.10 Å². The Balaban J connectivity index is 1.50. The maximum atomic E-state index is 13.4. The number of carbonyl (C=O) groups is 1. The van der Waals surface area contributed by atoms with Crippen molar-refractivity contribution in [1.29, 1.82) is 0 Å². The topological polar surface area (TPSA) is 88.1 Å². The lowest BCUT2D eigenvalue weighted by Crippen LogP contribution is -2.40. The average molecular weight is 510 g/mol. The second-order valence-corrected chi connectivity index (χ2v) is 11.2. The molecule has 4 rings (SSSR count). The largest absolute Gasteiger partial charge is 0.489 e. The molecule has 1 heterocycles. The zero-order chi connectivity index (χ0) is 24.8. The van der Waals surface area contributed by atoms with Crippen LogP contribution in [0, 0.1) is 13.8 Å². The number of thioether (sulfide) groups is 1.